The molecule has 0 unspecified atom stereocenters. The molecule has 0 rings (SSSR count). The van der Waals surface area contributed by atoms with Crippen LogP contribution in [0.1, 0.15) is 0 Å². The molecule has 0 heterocycles. The van der Waals surface area contributed by atoms with Gasteiger partial charge in [0.05, 0.1) is 0 Å². The van der Waals surface area contributed by atoms with E-state index in [2.05, 4.69) is 25.8 Å². The first-order valence-electron chi connectivity index (χ1n) is 1.65. The molecule has 0 aromatic carbocycles. The summed E-state index contributed by atoms with van der Waals surface area (Å²) in [5.41, 5.74) is 0.745. The third kappa shape index (κ3) is 1.53. The van der Waals surface area contributed by atoms with Gasteiger partial charge in [0, 0.05) is 0 Å². The predicted octanol–water partition coefficient (Wildman–Crippen LogP) is 1.72. The summed E-state index contributed by atoms with van der Waals surface area (Å²) in [6.07, 6.45) is 4.16. The second kappa shape index (κ2) is 2.46. The molecule has 0 aliphatic carbocycles. The normalized spacial score (nSPS) is 6.67. The third-order valence-corrected chi connectivity index (χ3v) is 0.473. The molecule has 0 nitrogen and oxygen atoms in total. The van der Waals surface area contributed by atoms with Crippen LogP contribution in [0.15, 0.2) is 31.4 Å². The van der Waals surface area contributed by atoms with Crippen LogP contribution in [0.5, 0.6) is 0 Å². The van der Waals surface area contributed by atoms with E-state index in [9.17, 15) is 0 Å². The number of rotatable bonds is 2. The predicted molar refractivity (Wildman–Crippen MR) is 28.2 cm³/mol. The first-order valence-corrected chi connectivity index (χ1v) is 1.65. The molecule has 0 aliphatic rings. The molecular formula is C6H7. The smallest absolute Gasteiger partial charge is 0.0190 e. The number of allylic oxidation sites excluding steroid dienone is 3. The van der Waals surface area contributed by atoms with E-state index in [4.69, 9.17) is 0 Å². The van der Waals surface area contributed by atoms with Gasteiger partial charge in [0.1, 0.15) is 0 Å². The van der Waals surface area contributed by atoms with Gasteiger partial charge >= 0.3 is 0 Å². The summed E-state index contributed by atoms with van der Waals surface area (Å²) in [6, 6.07) is 0. The average molecular weight is 79.1 g/mol. The Morgan fingerprint density at radius 3 is 2.17 bits per heavy atom. The minimum atomic E-state index is 0.745. The number of hydrogen-bond donors (Lipinski definition) is 0. The highest BCUT2D eigenvalue weighted by atomic mass is 13.7. The lowest BCUT2D eigenvalue weighted by atomic mass is 10.3. The van der Waals surface area contributed by atoms with Crippen molar-refractivity contribution in [3.63, 3.8) is 0 Å². The molecule has 0 fully saturated rings. The molecule has 0 atom stereocenters. The molecular weight excluding hydrogens is 72.1 g/mol. The Hall–Kier alpha value is -0.780. The summed E-state index contributed by atoms with van der Waals surface area (Å²) in [5, 5.41) is 0. The first kappa shape index (κ1) is 5.22. The summed E-state index contributed by atoms with van der Waals surface area (Å²) in [5.74, 6) is 0. The molecule has 0 N–H and O–H groups in total. The SMILES string of the molecule is C=[C]C(=C)C=C. The zero-order valence-electron chi connectivity index (χ0n) is 3.70. The maximum Gasteiger partial charge on any atom is -0.0190 e. The van der Waals surface area contributed by atoms with Gasteiger partial charge in [-0.15, -0.1) is 0 Å². The van der Waals surface area contributed by atoms with E-state index in [1.165, 1.54) is 0 Å². The molecule has 0 heteroatoms. The summed E-state index contributed by atoms with van der Waals surface area (Å²) in [7, 11) is 0. The molecule has 0 bridgehead atoms. The zero-order chi connectivity index (χ0) is 4.99. The third-order valence-electron chi connectivity index (χ3n) is 0.473. The Balaban J connectivity index is 3.52. The van der Waals surface area contributed by atoms with E-state index in [1.807, 2.05) is 0 Å². The van der Waals surface area contributed by atoms with Gasteiger partial charge in [-0.2, -0.15) is 0 Å². The lowest BCUT2D eigenvalue weighted by molar-refractivity contribution is 1.74. The van der Waals surface area contributed by atoms with Gasteiger partial charge in [-0.3, -0.25) is 0 Å². The molecule has 0 aromatic heterocycles. The molecule has 0 saturated heterocycles. The van der Waals surface area contributed by atoms with E-state index in [1.54, 1.807) is 6.08 Å². The van der Waals surface area contributed by atoms with Gasteiger partial charge < -0.3 is 0 Å². The van der Waals surface area contributed by atoms with Crippen LogP contribution < -0.4 is 0 Å². The Morgan fingerprint density at radius 1 is 1.67 bits per heavy atom. The fraction of sp³-hybridized carbons (Fsp3) is 0. The van der Waals surface area contributed by atoms with Gasteiger partial charge in [0.2, 0.25) is 0 Å². The summed E-state index contributed by atoms with van der Waals surface area (Å²) >= 11 is 0. The van der Waals surface area contributed by atoms with Gasteiger partial charge in [-0.25, -0.2) is 0 Å². The maximum atomic E-state index is 3.50. The Labute approximate surface area is 38.5 Å². The molecule has 0 saturated carbocycles. The highest BCUT2D eigenvalue weighted by Gasteiger charge is 1.67. The van der Waals surface area contributed by atoms with Crippen molar-refractivity contribution in [1.82, 2.24) is 0 Å². The van der Waals surface area contributed by atoms with E-state index >= 15 is 0 Å². The monoisotopic (exact) mass is 79.1 g/mol. The highest BCUT2D eigenvalue weighted by Crippen LogP contribution is 1.85. The lowest BCUT2D eigenvalue weighted by Crippen LogP contribution is -1.57. The van der Waals surface area contributed by atoms with E-state index in [0.717, 1.165) is 5.57 Å². The van der Waals surface area contributed by atoms with Crippen LogP contribution in [0.3, 0.4) is 0 Å². The quantitative estimate of drug-likeness (QED) is 0.442. The fourth-order valence-corrected chi connectivity index (χ4v) is 0.0722. The number of hydrogen-bond acceptors (Lipinski definition) is 0. The van der Waals surface area contributed by atoms with Gasteiger partial charge in [0.25, 0.3) is 0 Å². The highest BCUT2D eigenvalue weighted by molar-refractivity contribution is 5.17. The van der Waals surface area contributed by atoms with E-state index in [-0.39, 0.29) is 0 Å². The van der Waals surface area contributed by atoms with Crippen molar-refractivity contribution in [2.24, 2.45) is 0 Å². The van der Waals surface area contributed by atoms with Crippen molar-refractivity contribution in [3.8, 4) is 0 Å². The Kier molecular flexibility index (Phi) is 2.14. The van der Waals surface area contributed by atoms with Crippen molar-refractivity contribution in [2.45, 2.75) is 0 Å². The molecule has 31 valence electrons. The van der Waals surface area contributed by atoms with Crippen LogP contribution in [-0.2, 0) is 0 Å². The summed E-state index contributed by atoms with van der Waals surface area (Å²) < 4.78 is 0. The van der Waals surface area contributed by atoms with Gasteiger partial charge in [-0.05, 0) is 11.6 Å². The fourth-order valence-electron chi connectivity index (χ4n) is 0.0722. The average Bonchev–Trinajstić information content (AvgIpc) is 1.65. The van der Waals surface area contributed by atoms with Crippen molar-refractivity contribution < 1.29 is 0 Å². The van der Waals surface area contributed by atoms with E-state index < -0.39 is 0 Å². The minimum absolute atomic E-state index is 0.745. The second-order valence-corrected chi connectivity index (χ2v) is 0.906. The largest absolute Gasteiger partial charge is 0.0985 e. The molecule has 0 amide bonds. The van der Waals surface area contributed by atoms with Crippen LogP contribution >= 0.6 is 0 Å². The van der Waals surface area contributed by atoms with Crippen molar-refractivity contribution in [1.29, 1.82) is 0 Å². The molecule has 1 radical (unpaired) electrons. The maximum absolute atomic E-state index is 3.50. The topological polar surface area (TPSA) is 0 Å². The standard InChI is InChI=1S/C6H7/c1-4-6(3)5-2/h4H,1-3H2. The molecule has 0 spiro atoms. The van der Waals surface area contributed by atoms with Crippen LogP contribution in [0, 0.1) is 6.08 Å². The first-order chi connectivity index (χ1) is 2.81. The van der Waals surface area contributed by atoms with Crippen LogP contribution in [0.4, 0.5) is 0 Å². The molecule has 0 aromatic rings. The zero-order valence-corrected chi connectivity index (χ0v) is 3.70. The molecule has 0 aliphatic heterocycles. The van der Waals surface area contributed by atoms with Crippen molar-refractivity contribution in [2.75, 3.05) is 0 Å². The Bertz CT molecular complexity index is 68.0. The van der Waals surface area contributed by atoms with Gasteiger partial charge in [-0.1, -0.05) is 25.8 Å². The Morgan fingerprint density at radius 2 is 2.17 bits per heavy atom. The van der Waals surface area contributed by atoms with Crippen LogP contribution in [0.25, 0.3) is 0 Å². The van der Waals surface area contributed by atoms with Crippen molar-refractivity contribution in [3.05, 3.63) is 37.5 Å². The van der Waals surface area contributed by atoms with Crippen molar-refractivity contribution >= 4 is 0 Å². The van der Waals surface area contributed by atoms with Crippen LogP contribution in [-0.4, -0.2) is 0 Å². The molecule has 6 heavy (non-hydrogen) atoms. The van der Waals surface area contributed by atoms with E-state index in [0.29, 0.717) is 0 Å². The lowest BCUT2D eigenvalue weighted by Gasteiger charge is -1.75. The van der Waals surface area contributed by atoms with Gasteiger partial charge in [0.15, 0.2) is 0 Å². The minimum Gasteiger partial charge on any atom is -0.0985 e. The second-order valence-electron chi connectivity index (χ2n) is 0.906. The summed E-state index contributed by atoms with van der Waals surface area (Å²) in [4.78, 5) is 0. The van der Waals surface area contributed by atoms with Crippen LogP contribution in [0.2, 0.25) is 0 Å². The summed E-state index contributed by atoms with van der Waals surface area (Å²) in [6.45, 7) is 10.3.